The van der Waals surface area contributed by atoms with Gasteiger partial charge in [-0.2, -0.15) is 0 Å². The zero-order valence-corrected chi connectivity index (χ0v) is 12.7. The molecular weight excluding hydrogens is 270 g/mol. The predicted molar refractivity (Wildman–Crippen MR) is 82.7 cm³/mol. The van der Waals surface area contributed by atoms with E-state index in [-0.39, 0.29) is 10.6 Å². The van der Waals surface area contributed by atoms with Crippen molar-refractivity contribution in [1.29, 1.82) is 0 Å². The second-order valence-corrected chi connectivity index (χ2v) is 5.37. The molecule has 0 radical (unpaired) electrons. The molecule has 0 bridgehead atoms. The van der Waals surface area contributed by atoms with E-state index in [0.717, 1.165) is 25.9 Å². The molecule has 7 heteroatoms. The van der Waals surface area contributed by atoms with E-state index in [1.54, 1.807) is 0 Å². The van der Waals surface area contributed by atoms with Crippen LogP contribution in [0.3, 0.4) is 0 Å². The summed E-state index contributed by atoms with van der Waals surface area (Å²) in [6, 6.07) is 0. The normalized spacial score (nSPS) is 19.1. The fourth-order valence-electron chi connectivity index (χ4n) is 2.85. The number of rotatable bonds is 5. The second kappa shape index (κ2) is 7.19. The Bertz CT molecular complexity index is 494. The molecule has 21 heavy (non-hydrogen) atoms. The van der Waals surface area contributed by atoms with Crippen molar-refractivity contribution in [2.24, 2.45) is 5.92 Å². The Kier molecular flexibility index (Phi) is 5.30. The van der Waals surface area contributed by atoms with Crippen LogP contribution in [0.5, 0.6) is 0 Å². The van der Waals surface area contributed by atoms with Crippen molar-refractivity contribution in [3.05, 3.63) is 16.4 Å². The number of hydrogen-bond acceptors (Lipinski definition) is 6. The van der Waals surface area contributed by atoms with Gasteiger partial charge in [-0.25, -0.2) is 9.97 Å². The standard InChI is InChI=1S/C14H23N5O2/c1-3-11-6-5-8-18(9-7-11)14-12(19(20)21)13(15-4-2)16-10-17-14/h10-11H,3-9H2,1-2H3,(H,15,16,17). The van der Waals surface area contributed by atoms with E-state index in [1.807, 2.05) is 11.8 Å². The molecule has 0 spiro atoms. The van der Waals surface area contributed by atoms with Gasteiger partial charge >= 0.3 is 5.69 Å². The van der Waals surface area contributed by atoms with Gasteiger partial charge in [0.25, 0.3) is 0 Å². The van der Waals surface area contributed by atoms with Gasteiger partial charge in [-0.3, -0.25) is 10.1 Å². The van der Waals surface area contributed by atoms with Gasteiger partial charge < -0.3 is 10.2 Å². The van der Waals surface area contributed by atoms with E-state index < -0.39 is 0 Å². The molecule has 0 aromatic carbocycles. The quantitative estimate of drug-likeness (QED) is 0.664. The predicted octanol–water partition coefficient (Wildman–Crippen LogP) is 2.83. The van der Waals surface area contributed by atoms with Crippen LogP contribution in [-0.2, 0) is 0 Å². The van der Waals surface area contributed by atoms with Crippen molar-refractivity contribution in [3.8, 4) is 0 Å². The molecular formula is C14H23N5O2. The molecule has 0 saturated carbocycles. The first kappa shape index (κ1) is 15.5. The van der Waals surface area contributed by atoms with Crippen molar-refractivity contribution in [2.75, 3.05) is 29.9 Å². The minimum absolute atomic E-state index is 0.00528. The molecule has 1 aromatic rings. The smallest absolute Gasteiger partial charge is 0.353 e. The first-order valence-corrected chi connectivity index (χ1v) is 7.65. The molecule has 1 aromatic heterocycles. The SMILES string of the molecule is CCNc1ncnc(N2CCCC(CC)CC2)c1[N+](=O)[O-]. The van der Waals surface area contributed by atoms with Crippen LogP contribution in [-0.4, -0.2) is 34.5 Å². The van der Waals surface area contributed by atoms with Gasteiger partial charge in [0.2, 0.25) is 11.6 Å². The lowest BCUT2D eigenvalue weighted by atomic mass is 9.98. The van der Waals surface area contributed by atoms with Gasteiger partial charge in [0.05, 0.1) is 4.92 Å². The molecule has 1 atom stereocenters. The summed E-state index contributed by atoms with van der Waals surface area (Å²) in [5, 5.41) is 14.4. The number of hydrogen-bond donors (Lipinski definition) is 1. The summed E-state index contributed by atoms with van der Waals surface area (Å²) in [5.74, 6) is 1.47. The highest BCUT2D eigenvalue weighted by atomic mass is 16.6. The van der Waals surface area contributed by atoms with Crippen LogP contribution in [0.25, 0.3) is 0 Å². The summed E-state index contributed by atoms with van der Waals surface area (Å²) in [4.78, 5) is 21.3. The van der Waals surface area contributed by atoms with Crippen molar-refractivity contribution < 1.29 is 4.92 Å². The highest BCUT2D eigenvalue weighted by Gasteiger charge is 2.28. The van der Waals surface area contributed by atoms with Crippen molar-refractivity contribution in [1.82, 2.24) is 9.97 Å². The monoisotopic (exact) mass is 293 g/mol. The topological polar surface area (TPSA) is 84.2 Å². The van der Waals surface area contributed by atoms with Crippen molar-refractivity contribution >= 4 is 17.3 Å². The average molecular weight is 293 g/mol. The van der Waals surface area contributed by atoms with Gasteiger partial charge in [-0.1, -0.05) is 13.3 Å². The summed E-state index contributed by atoms with van der Waals surface area (Å²) in [6.45, 7) is 6.33. The average Bonchev–Trinajstić information content (AvgIpc) is 2.72. The number of nitrogens with one attached hydrogen (secondary N) is 1. The molecule has 7 nitrogen and oxygen atoms in total. The highest BCUT2D eigenvalue weighted by Crippen LogP contribution is 2.33. The summed E-state index contributed by atoms with van der Waals surface area (Å²) in [6.07, 6.45) is 5.88. The third-order valence-corrected chi connectivity index (χ3v) is 4.05. The van der Waals surface area contributed by atoms with E-state index in [2.05, 4.69) is 22.2 Å². The fourth-order valence-corrected chi connectivity index (χ4v) is 2.85. The van der Waals surface area contributed by atoms with E-state index in [0.29, 0.717) is 24.1 Å². The van der Waals surface area contributed by atoms with E-state index in [9.17, 15) is 10.1 Å². The molecule has 1 fully saturated rings. The Labute approximate surface area is 124 Å². The van der Waals surface area contributed by atoms with Crippen LogP contribution in [0, 0.1) is 16.0 Å². The zero-order valence-electron chi connectivity index (χ0n) is 12.7. The minimum Gasteiger partial charge on any atom is -0.364 e. The molecule has 2 rings (SSSR count). The van der Waals surface area contributed by atoms with E-state index in [1.165, 1.54) is 19.2 Å². The van der Waals surface area contributed by atoms with Gasteiger partial charge in [0.15, 0.2) is 0 Å². The van der Waals surface area contributed by atoms with Crippen LogP contribution >= 0.6 is 0 Å². The van der Waals surface area contributed by atoms with Gasteiger partial charge in [-0.05, 0) is 32.1 Å². The van der Waals surface area contributed by atoms with Crippen LogP contribution in [0.15, 0.2) is 6.33 Å². The number of anilines is 2. The summed E-state index contributed by atoms with van der Waals surface area (Å²) in [7, 11) is 0. The Morgan fingerprint density at radius 2 is 2.19 bits per heavy atom. The number of nitrogens with zero attached hydrogens (tertiary/aromatic N) is 4. The van der Waals surface area contributed by atoms with Crippen LogP contribution in [0.2, 0.25) is 0 Å². The molecule has 1 aliphatic rings. The lowest BCUT2D eigenvalue weighted by Crippen LogP contribution is -2.26. The molecule has 0 amide bonds. The molecule has 2 heterocycles. The summed E-state index contributed by atoms with van der Waals surface area (Å²) in [5.41, 5.74) is -0.00528. The maximum Gasteiger partial charge on any atom is 0.353 e. The first-order valence-electron chi connectivity index (χ1n) is 7.65. The molecule has 1 unspecified atom stereocenters. The molecule has 0 aliphatic carbocycles. The van der Waals surface area contributed by atoms with E-state index in [4.69, 9.17) is 0 Å². The first-order chi connectivity index (χ1) is 10.2. The lowest BCUT2D eigenvalue weighted by Gasteiger charge is -2.21. The highest BCUT2D eigenvalue weighted by molar-refractivity contribution is 5.70. The van der Waals surface area contributed by atoms with Gasteiger partial charge in [0, 0.05) is 19.6 Å². The third-order valence-electron chi connectivity index (χ3n) is 4.05. The molecule has 116 valence electrons. The largest absolute Gasteiger partial charge is 0.364 e. The van der Waals surface area contributed by atoms with Crippen molar-refractivity contribution in [2.45, 2.75) is 39.5 Å². The van der Waals surface area contributed by atoms with Crippen LogP contribution in [0.4, 0.5) is 17.3 Å². The Hall–Kier alpha value is -1.92. The minimum atomic E-state index is -0.379. The lowest BCUT2D eigenvalue weighted by molar-refractivity contribution is -0.383. The zero-order chi connectivity index (χ0) is 15.2. The maximum absolute atomic E-state index is 11.4. The second-order valence-electron chi connectivity index (χ2n) is 5.37. The molecule has 1 saturated heterocycles. The Morgan fingerprint density at radius 1 is 1.38 bits per heavy atom. The number of nitro groups is 1. The maximum atomic E-state index is 11.4. The van der Waals surface area contributed by atoms with E-state index >= 15 is 0 Å². The number of aromatic nitrogens is 2. The molecule has 1 N–H and O–H groups in total. The van der Waals surface area contributed by atoms with Crippen LogP contribution < -0.4 is 10.2 Å². The summed E-state index contributed by atoms with van der Waals surface area (Å²) < 4.78 is 0. The fraction of sp³-hybridized carbons (Fsp3) is 0.714. The third kappa shape index (κ3) is 3.59. The van der Waals surface area contributed by atoms with Gasteiger partial charge in [-0.15, -0.1) is 0 Å². The Balaban J connectivity index is 2.29. The molecule has 1 aliphatic heterocycles. The summed E-state index contributed by atoms with van der Waals surface area (Å²) >= 11 is 0. The van der Waals surface area contributed by atoms with Gasteiger partial charge in [0.1, 0.15) is 6.33 Å². The van der Waals surface area contributed by atoms with Crippen LogP contribution in [0.1, 0.15) is 39.5 Å². The van der Waals surface area contributed by atoms with Crippen molar-refractivity contribution in [3.63, 3.8) is 0 Å². The Morgan fingerprint density at radius 3 is 2.86 bits per heavy atom.